The van der Waals surface area contributed by atoms with E-state index < -0.39 is 136 Å². The number of aryl methyl sites for hydroxylation is 1. The monoisotopic (exact) mass is 734 g/mol. The molecule has 4 aliphatic rings. The van der Waals surface area contributed by atoms with Gasteiger partial charge in [0.1, 0.15) is 79.4 Å². The zero-order chi connectivity index (χ0) is 37.3. The topological polar surface area (TPSA) is 313 Å². The van der Waals surface area contributed by atoms with Gasteiger partial charge in [0.2, 0.25) is 0 Å². The fraction of sp³-hybridized carbons (Fsp3) is 0.750. The van der Waals surface area contributed by atoms with Gasteiger partial charge in [0, 0.05) is 5.69 Å². The lowest BCUT2D eigenvalue weighted by molar-refractivity contribution is -0.367. The Labute approximate surface area is 292 Å². The molecule has 19 atom stereocenters. The van der Waals surface area contributed by atoms with Crippen LogP contribution in [-0.4, -0.2) is 197 Å². The highest BCUT2D eigenvalue weighted by atomic mass is 16.7. The van der Waals surface area contributed by atoms with Crippen LogP contribution in [0.1, 0.15) is 12.5 Å². The summed E-state index contributed by atoms with van der Waals surface area (Å²) in [7, 11) is 0. The van der Waals surface area contributed by atoms with Gasteiger partial charge in [-0.05, 0) is 31.6 Å². The molecule has 0 aromatic heterocycles. The minimum Gasteiger partial charge on any atom is -0.394 e. The van der Waals surface area contributed by atoms with Crippen molar-refractivity contribution in [3.8, 4) is 0 Å². The molecule has 1 aromatic carbocycles. The fourth-order valence-corrected chi connectivity index (χ4v) is 6.77. The van der Waals surface area contributed by atoms with E-state index in [0.717, 1.165) is 5.56 Å². The Bertz CT molecular complexity index is 1290. The molecule has 3 heterocycles. The summed E-state index contributed by atoms with van der Waals surface area (Å²) in [4.78, 5) is 0. The van der Waals surface area contributed by atoms with Crippen LogP contribution >= 0.6 is 0 Å². The Hall–Kier alpha value is -1.96. The van der Waals surface area contributed by atoms with Gasteiger partial charge in [-0.2, -0.15) is 0 Å². The van der Waals surface area contributed by atoms with Crippen LogP contribution in [0.3, 0.4) is 0 Å². The maximum atomic E-state index is 11.1. The van der Waals surface area contributed by atoms with Crippen LogP contribution in [0, 0.1) is 6.92 Å². The Morgan fingerprint density at radius 2 is 1.20 bits per heavy atom. The van der Waals surface area contributed by atoms with Crippen LogP contribution in [0.2, 0.25) is 0 Å². The molecule has 1 aromatic rings. The normalized spacial score (nSPS) is 46.4. The lowest BCUT2D eigenvalue weighted by atomic mass is 9.86. The standard InChI is InChI=1S/C32H50N2O17/c1-11-3-5-14(6-4-11)33-30-25(44)23(42)28(16(9-36)48-30)51-32-27(46)24(43)29(17(10-37)49-32)50-31-26(45)21(40)18(12(2)47-31)34-15-7-13(8-35)19(38)22(41)20(15)39/h3-7,12,15-46H,8-10H2,1-2H3. The van der Waals surface area contributed by atoms with Crippen molar-refractivity contribution in [2.24, 2.45) is 0 Å². The maximum absolute atomic E-state index is 11.1. The third-order valence-electron chi connectivity index (χ3n) is 9.86. The van der Waals surface area contributed by atoms with E-state index in [2.05, 4.69) is 10.6 Å². The Balaban J connectivity index is 1.22. The summed E-state index contributed by atoms with van der Waals surface area (Å²) >= 11 is 0. The number of anilines is 1. The molecule has 0 amide bonds. The molecule has 3 fully saturated rings. The van der Waals surface area contributed by atoms with E-state index in [1.165, 1.54) is 13.0 Å². The van der Waals surface area contributed by atoms with Gasteiger partial charge in [-0.25, -0.2) is 0 Å². The Kier molecular flexibility index (Phi) is 13.4. The van der Waals surface area contributed by atoms with E-state index in [1.807, 2.05) is 19.1 Å². The van der Waals surface area contributed by atoms with Gasteiger partial charge >= 0.3 is 0 Å². The van der Waals surface area contributed by atoms with Crippen molar-refractivity contribution < 1.29 is 85.0 Å². The second-order valence-electron chi connectivity index (χ2n) is 13.4. The number of nitrogens with one attached hydrogen (secondary N) is 2. The first kappa shape index (κ1) is 40.2. The predicted molar refractivity (Wildman–Crippen MR) is 170 cm³/mol. The average Bonchev–Trinajstić information content (AvgIpc) is 3.12. The molecule has 51 heavy (non-hydrogen) atoms. The van der Waals surface area contributed by atoms with E-state index in [9.17, 15) is 61.3 Å². The Morgan fingerprint density at radius 1 is 0.647 bits per heavy atom. The summed E-state index contributed by atoms with van der Waals surface area (Å²) in [6, 6.07) is 4.94. The second kappa shape index (κ2) is 17.0. The molecule has 0 bridgehead atoms. The first-order valence-electron chi connectivity index (χ1n) is 16.7. The van der Waals surface area contributed by atoms with Crippen LogP contribution in [-0.2, 0) is 23.7 Å². The average molecular weight is 735 g/mol. The molecule has 1 aliphatic carbocycles. The van der Waals surface area contributed by atoms with Gasteiger partial charge in [-0.15, -0.1) is 0 Å². The summed E-state index contributed by atoms with van der Waals surface area (Å²) in [6.07, 6.45) is -25.2. The van der Waals surface area contributed by atoms with Crippen molar-refractivity contribution in [2.45, 2.75) is 130 Å². The zero-order valence-electron chi connectivity index (χ0n) is 27.9. The SMILES string of the molecule is Cc1ccc(NC2OC(CO)C(OC3OC(CO)C(OC4OC(C)C(NC5C=C(CO)C(O)C(O)C5O)C(O)C4O)C(O)C3O)C(O)C2O)cc1. The van der Waals surface area contributed by atoms with Crippen molar-refractivity contribution in [1.29, 1.82) is 0 Å². The van der Waals surface area contributed by atoms with E-state index in [1.54, 1.807) is 12.1 Å². The first-order valence-corrected chi connectivity index (χ1v) is 16.7. The molecule has 0 spiro atoms. The molecule has 0 radical (unpaired) electrons. The molecule has 14 N–H and O–H groups in total. The summed E-state index contributed by atoms with van der Waals surface area (Å²) in [5, 5.41) is 132. The number of rotatable bonds is 11. The molecule has 5 rings (SSSR count). The van der Waals surface area contributed by atoms with Gasteiger partial charge in [0.25, 0.3) is 0 Å². The van der Waals surface area contributed by atoms with Crippen molar-refractivity contribution in [2.75, 3.05) is 25.1 Å². The smallest absolute Gasteiger partial charge is 0.187 e. The van der Waals surface area contributed by atoms with E-state index >= 15 is 0 Å². The molecular formula is C32H50N2O17. The van der Waals surface area contributed by atoms with Crippen LogP contribution < -0.4 is 10.6 Å². The third-order valence-corrected chi connectivity index (χ3v) is 9.86. The first-order chi connectivity index (χ1) is 24.2. The summed E-state index contributed by atoms with van der Waals surface area (Å²) < 4.78 is 28.7. The second-order valence-corrected chi connectivity index (χ2v) is 13.4. The molecule has 3 aliphatic heterocycles. The summed E-state index contributed by atoms with van der Waals surface area (Å²) in [5.74, 6) is 0. The molecule has 3 saturated heterocycles. The molecule has 19 nitrogen and oxygen atoms in total. The highest BCUT2D eigenvalue weighted by molar-refractivity contribution is 5.45. The van der Waals surface area contributed by atoms with E-state index in [-0.39, 0.29) is 5.57 Å². The lowest BCUT2D eigenvalue weighted by Crippen LogP contribution is -2.68. The third kappa shape index (κ3) is 8.41. The Morgan fingerprint density at radius 3 is 1.78 bits per heavy atom. The van der Waals surface area contributed by atoms with E-state index in [0.29, 0.717) is 5.69 Å². The number of ether oxygens (including phenoxy) is 5. The van der Waals surface area contributed by atoms with Gasteiger partial charge < -0.3 is 95.6 Å². The minimum absolute atomic E-state index is 0.0287. The van der Waals surface area contributed by atoms with Crippen LogP contribution in [0.4, 0.5) is 5.69 Å². The quantitative estimate of drug-likeness (QED) is 0.0941. The predicted octanol–water partition coefficient (Wildman–Crippen LogP) is -6.14. The molecule has 290 valence electrons. The number of aliphatic hydroxyl groups is 12. The minimum atomic E-state index is -1.91. The van der Waals surface area contributed by atoms with Gasteiger partial charge in [0.05, 0.1) is 38.0 Å². The van der Waals surface area contributed by atoms with E-state index in [4.69, 9.17) is 23.7 Å². The van der Waals surface area contributed by atoms with Crippen LogP contribution in [0.25, 0.3) is 0 Å². The summed E-state index contributed by atoms with van der Waals surface area (Å²) in [5.41, 5.74) is 1.58. The highest BCUT2D eigenvalue weighted by Gasteiger charge is 2.53. The number of aliphatic hydroxyl groups excluding tert-OH is 12. The molecular weight excluding hydrogens is 684 g/mol. The van der Waals surface area contributed by atoms with Gasteiger partial charge in [0.15, 0.2) is 18.8 Å². The van der Waals surface area contributed by atoms with Crippen LogP contribution in [0.5, 0.6) is 0 Å². The van der Waals surface area contributed by atoms with Crippen molar-refractivity contribution in [3.05, 3.63) is 41.5 Å². The lowest BCUT2D eigenvalue weighted by Gasteiger charge is -2.49. The number of benzene rings is 1. The van der Waals surface area contributed by atoms with Crippen LogP contribution in [0.15, 0.2) is 35.9 Å². The largest absolute Gasteiger partial charge is 0.394 e. The molecule has 19 unspecified atom stereocenters. The van der Waals surface area contributed by atoms with Gasteiger partial charge in [-0.3, -0.25) is 0 Å². The molecule has 0 saturated carbocycles. The molecule has 19 heteroatoms. The summed E-state index contributed by atoms with van der Waals surface area (Å²) in [6.45, 7) is 1.27. The maximum Gasteiger partial charge on any atom is 0.187 e. The number of hydrogen-bond donors (Lipinski definition) is 14. The zero-order valence-corrected chi connectivity index (χ0v) is 27.9. The van der Waals surface area contributed by atoms with Crippen molar-refractivity contribution >= 4 is 5.69 Å². The highest BCUT2D eigenvalue weighted by Crippen LogP contribution is 2.33. The van der Waals surface area contributed by atoms with Crippen molar-refractivity contribution in [3.63, 3.8) is 0 Å². The van der Waals surface area contributed by atoms with Crippen molar-refractivity contribution in [1.82, 2.24) is 5.32 Å². The number of hydrogen-bond acceptors (Lipinski definition) is 19. The fourth-order valence-electron chi connectivity index (χ4n) is 6.77. The van der Waals surface area contributed by atoms with Gasteiger partial charge in [-0.1, -0.05) is 23.8 Å².